The van der Waals surface area contributed by atoms with Gasteiger partial charge in [0.2, 0.25) is 0 Å². The first-order valence-corrected chi connectivity index (χ1v) is 10.2. The van der Waals surface area contributed by atoms with Gasteiger partial charge in [0, 0.05) is 23.5 Å². The van der Waals surface area contributed by atoms with Gasteiger partial charge in [-0.15, -0.1) is 0 Å². The predicted octanol–water partition coefficient (Wildman–Crippen LogP) is 3.40. The number of nitriles is 1. The van der Waals surface area contributed by atoms with E-state index in [4.69, 9.17) is 11.6 Å². The molecule has 8 nitrogen and oxygen atoms in total. The van der Waals surface area contributed by atoms with Crippen molar-refractivity contribution in [3.05, 3.63) is 70.8 Å². The van der Waals surface area contributed by atoms with E-state index in [2.05, 4.69) is 26.5 Å². The summed E-state index contributed by atoms with van der Waals surface area (Å²) in [5.41, 5.74) is 4.59. The summed E-state index contributed by atoms with van der Waals surface area (Å²) in [5, 5.41) is 26.2. The minimum absolute atomic E-state index is 0.180. The number of carbonyl (C=O) groups excluding carboxylic acids is 1. The molecule has 3 aromatic heterocycles. The van der Waals surface area contributed by atoms with Crippen molar-refractivity contribution in [2.75, 3.05) is 6.61 Å². The molecule has 0 aliphatic rings. The molecule has 0 saturated heterocycles. The molecule has 4 aromatic rings. The molecule has 32 heavy (non-hydrogen) atoms. The van der Waals surface area contributed by atoms with E-state index >= 15 is 0 Å². The van der Waals surface area contributed by atoms with E-state index in [-0.39, 0.29) is 12.3 Å². The molecule has 1 atom stereocenters. The van der Waals surface area contributed by atoms with Crippen LogP contribution in [-0.4, -0.2) is 43.2 Å². The van der Waals surface area contributed by atoms with Gasteiger partial charge in [-0.2, -0.15) is 10.4 Å². The summed E-state index contributed by atoms with van der Waals surface area (Å²) in [4.78, 5) is 21.4. The van der Waals surface area contributed by atoms with Gasteiger partial charge < -0.3 is 10.4 Å². The van der Waals surface area contributed by atoms with Gasteiger partial charge in [-0.25, -0.2) is 14.5 Å². The first kappa shape index (κ1) is 21.4. The number of nitrogens with one attached hydrogen (secondary N) is 1. The predicted molar refractivity (Wildman–Crippen MR) is 120 cm³/mol. The highest BCUT2D eigenvalue weighted by molar-refractivity contribution is 6.29. The number of fused-ring (bicyclic) bond motifs is 1. The van der Waals surface area contributed by atoms with Crippen LogP contribution in [0.15, 0.2) is 48.7 Å². The molecule has 0 fully saturated rings. The second-order valence-electron chi connectivity index (χ2n) is 7.37. The summed E-state index contributed by atoms with van der Waals surface area (Å²) < 4.78 is 1.58. The van der Waals surface area contributed by atoms with E-state index in [0.29, 0.717) is 33.3 Å². The number of aryl methyl sites for hydroxylation is 1. The fraction of sp³-hybridized carbons (Fsp3) is 0.174. The zero-order valence-electron chi connectivity index (χ0n) is 17.4. The number of rotatable bonds is 5. The van der Waals surface area contributed by atoms with Crippen LogP contribution in [0.3, 0.4) is 0 Å². The maximum Gasteiger partial charge on any atom is 0.270 e. The number of carbonyl (C=O) groups is 1. The first-order chi connectivity index (χ1) is 15.4. The summed E-state index contributed by atoms with van der Waals surface area (Å²) in [6.07, 6.45) is 1.65. The highest BCUT2D eigenvalue weighted by Gasteiger charge is 2.21. The van der Waals surface area contributed by atoms with Crippen molar-refractivity contribution in [1.29, 1.82) is 5.26 Å². The minimum atomic E-state index is -0.407. The van der Waals surface area contributed by atoms with Crippen molar-refractivity contribution in [1.82, 2.24) is 24.9 Å². The average Bonchev–Trinajstić information content (AvgIpc) is 3.17. The molecule has 0 aliphatic carbocycles. The highest BCUT2D eigenvalue weighted by Crippen LogP contribution is 2.35. The maximum absolute atomic E-state index is 12.6. The Balaban J connectivity index is 1.97. The number of hydrogen-bond acceptors (Lipinski definition) is 6. The Bertz CT molecular complexity index is 1350. The van der Waals surface area contributed by atoms with Gasteiger partial charge in [-0.3, -0.25) is 4.79 Å². The van der Waals surface area contributed by atoms with Crippen LogP contribution in [0.25, 0.3) is 28.0 Å². The van der Waals surface area contributed by atoms with Crippen LogP contribution < -0.4 is 5.32 Å². The van der Waals surface area contributed by atoms with Crippen LogP contribution in [0.2, 0.25) is 5.15 Å². The Morgan fingerprint density at radius 2 is 2.06 bits per heavy atom. The summed E-state index contributed by atoms with van der Waals surface area (Å²) in [6.45, 7) is 3.35. The van der Waals surface area contributed by atoms with Gasteiger partial charge in [0.1, 0.15) is 16.5 Å². The number of aliphatic hydroxyl groups excluding tert-OH is 1. The molecule has 160 valence electrons. The SMILES string of the molecule is Cc1cc(-c2c(-c3cccc(C#N)c3)nn3ccc(C(=O)N[C@H](C)CO)nc23)cc(Cl)n1. The van der Waals surface area contributed by atoms with Crippen molar-refractivity contribution >= 4 is 23.2 Å². The van der Waals surface area contributed by atoms with Gasteiger partial charge in [-0.1, -0.05) is 23.7 Å². The molecule has 0 radical (unpaired) electrons. The molecule has 0 aliphatic heterocycles. The number of benzene rings is 1. The van der Waals surface area contributed by atoms with E-state index < -0.39 is 11.9 Å². The van der Waals surface area contributed by atoms with E-state index in [1.54, 1.807) is 48.0 Å². The van der Waals surface area contributed by atoms with Crippen molar-refractivity contribution in [3.8, 4) is 28.5 Å². The fourth-order valence-corrected chi connectivity index (χ4v) is 3.63. The third kappa shape index (κ3) is 4.17. The third-order valence-corrected chi connectivity index (χ3v) is 5.04. The van der Waals surface area contributed by atoms with Crippen LogP contribution in [-0.2, 0) is 0 Å². The maximum atomic E-state index is 12.6. The Kier molecular flexibility index (Phi) is 5.86. The fourth-order valence-electron chi connectivity index (χ4n) is 3.38. The van der Waals surface area contributed by atoms with E-state index in [0.717, 1.165) is 11.1 Å². The largest absolute Gasteiger partial charge is 0.394 e. The van der Waals surface area contributed by atoms with Crippen LogP contribution in [0.5, 0.6) is 0 Å². The number of aromatic nitrogens is 4. The monoisotopic (exact) mass is 446 g/mol. The molecule has 0 bridgehead atoms. The molecule has 9 heteroatoms. The Morgan fingerprint density at radius 1 is 1.25 bits per heavy atom. The zero-order valence-corrected chi connectivity index (χ0v) is 18.1. The van der Waals surface area contributed by atoms with Gasteiger partial charge in [0.05, 0.1) is 23.8 Å². The second-order valence-corrected chi connectivity index (χ2v) is 7.76. The molecule has 1 amide bonds. The van der Waals surface area contributed by atoms with Crippen molar-refractivity contribution < 1.29 is 9.90 Å². The Hall–Kier alpha value is -3.80. The van der Waals surface area contributed by atoms with Crippen LogP contribution in [0, 0.1) is 18.3 Å². The lowest BCUT2D eigenvalue weighted by Gasteiger charge is -2.10. The summed E-state index contributed by atoms with van der Waals surface area (Å²) in [6, 6.07) is 14.0. The van der Waals surface area contributed by atoms with Gasteiger partial charge in [0.15, 0.2) is 5.65 Å². The topological polar surface area (TPSA) is 116 Å². The smallest absolute Gasteiger partial charge is 0.270 e. The van der Waals surface area contributed by atoms with E-state index in [1.807, 2.05) is 19.1 Å². The number of amides is 1. The van der Waals surface area contributed by atoms with Gasteiger partial charge in [0.25, 0.3) is 5.91 Å². The van der Waals surface area contributed by atoms with E-state index in [1.165, 1.54) is 0 Å². The quantitative estimate of drug-likeness (QED) is 0.454. The molecule has 3 heterocycles. The molecule has 0 unspecified atom stereocenters. The summed E-state index contributed by atoms with van der Waals surface area (Å²) in [5.74, 6) is -0.404. The van der Waals surface area contributed by atoms with Gasteiger partial charge >= 0.3 is 0 Å². The third-order valence-electron chi connectivity index (χ3n) is 4.85. The molecule has 1 aromatic carbocycles. The Labute approximate surface area is 189 Å². The molecule has 0 saturated carbocycles. The lowest BCUT2D eigenvalue weighted by atomic mass is 10.00. The normalized spacial score (nSPS) is 11.8. The van der Waals surface area contributed by atoms with Crippen molar-refractivity contribution in [2.45, 2.75) is 19.9 Å². The molecule has 2 N–H and O–H groups in total. The number of nitrogens with zero attached hydrogens (tertiary/aromatic N) is 5. The van der Waals surface area contributed by atoms with Gasteiger partial charge in [-0.05, 0) is 49.7 Å². The summed E-state index contributed by atoms with van der Waals surface area (Å²) in [7, 11) is 0. The standard InChI is InChI=1S/C23H19ClN6O2/c1-13-8-17(10-19(24)26-13)20-21(16-5-3-4-15(9-16)11-25)29-30-7-6-18(28-22(20)30)23(32)27-14(2)12-31/h3-10,14,31H,12H2,1-2H3,(H,27,32)/t14-/m1/s1. The summed E-state index contributed by atoms with van der Waals surface area (Å²) >= 11 is 6.23. The average molecular weight is 447 g/mol. The number of pyridine rings is 1. The molecule has 4 rings (SSSR count). The number of aliphatic hydroxyl groups is 1. The highest BCUT2D eigenvalue weighted by atomic mass is 35.5. The first-order valence-electron chi connectivity index (χ1n) is 9.86. The van der Waals surface area contributed by atoms with Crippen LogP contribution in [0.4, 0.5) is 0 Å². The Morgan fingerprint density at radius 3 is 2.78 bits per heavy atom. The second kappa shape index (κ2) is 8.75. The van der Waals surface area contributed by atoms with Crippen LogP contribution in [0.1, 0.15) is 28.7 Å². The zero-order chi connectivity index (χ0) is 22.8. The lowest BCUT2D eigenvalue weighted by Crippen LogP contribution is -2.35. The van der Waals surface area contributed by atoms with E-state index in [9.17, 15) is 15.2 Å². The number of halogens is 1. The van der Waals surface area contributed by atoms with Crippen molar-refractivity contribution in [3.63, 3.8) is 0 Å². The molecular formula is C23H19ClN6O2. The lowest BCUT2D eigenvalue weighted by molar-refractivity contribution is 0.0917. The molecular weight excluding hydrogens is 428 g/mol. The minimum Gasteiger partial charge on any atom is -0.394 e. The van der Waals surface area contributed by atoms with Crippen LogP contribution >= 0.6 is 11.6 Å². The van der Waals surface area contributed by atoms with Crippen molar-refractivity contribution in [2.24, 2.45) is 0 Å². The molecule has 0 spiro atoms. The number of hydrogen-bond donors (Lipinski definition) is 2.